The molecular formula is C11H12ClN3. The number of hydrogen-bond donors (Lipinski definition) is 1. The fourth-order valence-electron chi connectivity index (χ4n) is 2.42. The molecule has 4 heteroatoms. The molecule has 0 saturated carbocycles. The molecule has 0 bridgehead atoms. The van der Waals surface area contributed by atoms with E-state index in [2.05, 4.69) is 4.90 Å². The van der Waals surface area contributed by atoms with Crippen LogP contribution >= 0.6 is 11.8 Å². The third-order valence-corrected chi connectivity index (χ3v) is 3.57. The number of fused-ring (bicyclic) bond motifs is 2. The Kier molecular flexibility index (Phi) is 1.89. The lowest BCUT2D eigenvalue weighted by Crippen LogP contribution is -2.48. The van der Waals surface area contributed by atoms with Crippen LogP contribution in [0.15, 0.2) is 24.3 Å². The van der Waals surface area contributed by atoms with Gasteiger partial charge in [0, 0.05) is 23.9 Å². The highest BCUT2D eigenvalue weighted by Gasteiger charge is 2.37. The van der Waals surface area contributed by atoms with Crippen LogP contribution in [0.4, 0.5) is 5.69 Å². The van der Waals surface area contributed by atoms with Crippen LogP contribution in [0.5, 0.6) is 0 Å². The number of benzene rings is 1. The first-order valence-electron chi connectivity index (χ1n) is 5.18. The predicted molar refractivity (Wildman–Crippen MR) is 61.3 cm³/mol. The minimum Gasteiger partial charge on any atom is -0.335 e. The molecule has 15 heavy (non-hydrogen) atoms. The molecular weight excluding hydrogens is 210 g/mol. The van der Waals surface area contributed by atoms with Gasteiger partial charge in [0.1, 0.15) is 12.0 Å². The second kappa shape index (κ2) is 3.14. The van der Waals surface area contributed by atoms with E-state index < -0.39 is 0 Å². The van der Waals surface area contributed by atoms with Gasteiger partial charge in [-0.1, -0.05) is 12.1 Å². The minimum absolute atomic E-state index is 0.175. The zero-order chi connectivity index (χ0) is 10.4. The third-order valence-electron chi connectivity index (χ3n) is 3.16. The summed E-state index contributed by atoms with van der Waals surface area (Å²) in [5, 5.41) is 8.13. The molecule has 0 amide bonds. The molecule has 1 aromatic carbocycles. The number of rotatable bonds is 0. The summed E-state index contributed by atoms with van der Waals surface area (Å²) < 4.78 is 1.78. The highest BCUT2D eigenvalue weighted by Crippen LogP contribution is 2.36. The summed E-state index contributed by atoms with van der Waals surface area (Å²) in [6.45, 7) is 0.945. The maximum absolute atomic E-state index is 8.13. The number of nitrogens with one attached hydrogen (secondary N) is 1. The summed E-state index contributed by atoms with van der Waals surface area (Å²) in [6.07, 6.45) is 2.33. The summed E-state index contributed by atoms with van der Waals surface area (Å²) in [7, 11) is 0. The fraction of sp³-hybridized carbons (Fsp3) is 0.364. The van der Waals surface area contributed by atoms with Gasteiger partial charge in [0.05, 0.1) is 5.69 Å². The highest BCUT2D eigenvalue weighted by molar-refractivity contribution is 6.28. The van der Waals surface area contributed by atoms with Crippen molar-refractivity contribution in [2.75, 3.05) is 11.0 Å². The molecule has 1 saturated heterocycles. The molecule has 2 aliphatic rings. The number of amidine groups is 1. The molecule has 0 spiro atoms. The Labute approximate surface area is 93.9 Å². The van der Waals surface area contributed by atoms with Crippen LogP contribution in [0.1, 0.15) is 18.4 Å². The van der Waals surface area contributed by atoms with Gasteiger partial charge < -0.3 is 4.90 Å². The van der Waals surface area contributed by atoms with E-state index in [-0.39, 0.29) is 6.17 Å². The Balaban J connectivity index is 2.14. The van der Waals surface area contributed by atoms with E-state index in [0.717, 1.165) is 30.6 Å². The van der Waals surface area contributed by atoms with Crippen molar-refractivity contribution in [2.45, 2.75) is 19.0 Å². The van der Waals surface area contributed by atoms with E-state index in [9.17, 15) is 0 Å². The van der Waals surface area contributed by atoms with Gasteiger partial charge in [0.2, 0.25) is 0 Å². The molecule has 3 rings (SSSR count). The molecule has 0 aromatic heterocycles. The smallest absolute Gasteiger partial charge is 0.131 e. The monoisotopic (exact) mass is 221 g/mol. The second-order valence-electron chi connectivity index (χ2n) is 3.99. The normalized spacial score (nSPS) is 24.1. The second-order valence-corrected chi connectivity index (χ2v) is 4.36. The summed E-state index contributed by atoms with van der Waals surface area (Å²) in [4.78, 5) is 2.08. The zero-order valence-corrected chi connectivity index (χ0v) is 9.04. The van der Waals surface area contributed by atoms with Crippen molar-refractivity contribution in [3.05, 3.63) is 29.8 Å². The predicted octanol–water partition coefficient (Wildman–Crippen LogP) is 2.41. The van der Waals surface area contributed by atoms with Gasteiger partial charge in [-0.3, -0.25) is 9.83 Å². The molecule has 0 aliphatic carbocycles. The van der Waals surface area contributed by atoms with Crippen LogP contribution in [0.25, 0.3) is 0 Å². The molecule has 1 unspecified atom stereocenters. The van der Waals surface area contributed by atoms with E-state index in [1.165, 1.54) is 0 Å². The van der Waals surface area contributed by atoms with Crippen LogP contribution in [-0.4, -0.2) is 23.4 Å². The van der Waals surface area contributed by atoms with Crippen molar-refractivity contribution in [3.8, 4) is 0 Å². The largest absolute Gasteiger partial charge is 0.335 e. The maximum atomic E-state index is 8.13. The van der Waals surface area contributed by atoms with Crippen molar-refractivity contribution in [1.29, 1.82) is 5.41 Å². The Morgan fingerprint density at radius 1 is 1.33 bits per heavy atom. The molecule has 2 heterocycles. The first kappa shape index (κ1) is 9.04. The van der Waals surface area contributed by atoms with Gasteiger partial charge >= 0.3 is 0 Å². The van der Waals surface area contributed by atoms with Gasteiger partial charge in [-0.2, -0.15) is 0 Å². The van der Waals surface area contributed by atoms with Gasteiger partial charge in [-0.05, 0) is 25.0 Å². The van der Waals surface area contributed by atoms with E-state index in [1.54, 1.807) is 4.42 Å². The third kappa shape index (κ3) is 1.16. The standard InChI is InChI=1S/C11H12ClN3/c12-15-9-5-2-1-4-8(9)11(13)14-7-3-6-10(14)15/h1-2,4-5,10,13H,3,6-7H2. The zero-order valence-electron chi connectivity index (χ0n) is 8.28. The number of halogens is 1. The molecule has 1 N–H and O–H groups in total. The fourth-order valence-corrected chi connectivity index (χ4v) is 2.77. The average molecular weight is 222 g/mol. The Morgan fingerprint density at radius 3 is 3.00 bits per heavy atom. The Hall–Kier alpha value is -1.22. The van der Waals surface area contributed by atoms with Crippen molar-refractivity contribution < 1.29 is 0 Å². The Morgan fingerprint density at radius 2 is 2.13 bits per heavy atom. The molecule has 3 nitrogen and oxygen atoms in total. The van der Waals surface area contributed by atoms with E-state index in [0.29, 0.717) is 5.84 Å². The van der Waals surface area contributed by atoms with Crippen LogP contribution in [-0.2, 0) is 0 Å². The molecule has 1 fully saturated rings. The average Bonchev–Trinajstić information content (AvgIpc) is 2.75. The van der Waals surface area contributed by atoms with Crippen LogP contribution < -0.4 is 4.42 Å². The highest BCUT2D eigenvalue weighted by atomic mass is 35.5. The SMILES string of the molecule is N=C1c2ccccc2N(Cl)C2CCCN12. The minimum atomic E-state index is 0.175. The number of nitrogens with zero attached hydrogens (tertiary/aromatic N) is 2. The number of anilines is 1. The van der Waals surface area contributed by atoms with Gasteiger partial charge in [-0.25, -0.2) is 0 Å². The first-order chi connectivity index (χ1) is 7.29. The lowest BCUT2D eigenvalue weighted by Gasteiger charge is -2.39. The number of para-hydroxylation sites is 1. The summed E-state index contributed by atoms with van der Waals surface area (Å²) in [5.41, 5.74) is 1.90. The molecule has 0 radical (unpaired) electrons. The maximum Gasteiger partial charge on any atom is 0.131 e. The van der Waals surface area contributed by atoms with E-state index in [4.69, 9.17) is 17.2 Å². The van der Waals surface area contributed by atoms with Crippen molar-refractivity contribution in [3.63, 3.8) is 0 Å². The van der Waals surface area contributed by atoms with Gasteiger partial charge in [0.15, 0.2) is 0 Å². The van der Waals surface area contributed by atoms with E-state index in [1.807, 2.05) is 24.3 Å². The van der Waals surface area contributed by atoms with Crippen molar-refractivity contribution in [2.24, 2.45) is 0 Å². The van der Waals surface area contributed by atoms with Gasteiger partial charge in [0.25, 0.3) is 0 Å². The van der Waals surface area contributed by atoms with Crippen molar-refractivity contribution in [1.82, 2.24) is 4.90 Å². The summed E-state index contributed by atoms with van der Waals surface area (Å²) in [5.74, 6) is 0.616. The first-order valence-corrected chi connectivity index (χ1v) is 5.52. The molecule has 2 aliphatic heterocycles. The van der Waals surface area contributed by atoms with E-state index >= 15 is 0 Å². The molecule has 1 aromatic rings. The number of hydrogen-bond acceptors (Lipinski definition) is 2. The Bertz CT molecular complexity index is 418. The lowest BCUT2D eigenvalue weighted by atomic mass is 10.1. The quantitative estimate of drug-likeness (QED) is 0.682. The topological polar surface area (TPSA) is 30.3 Å². The molecule has 78 valence electrons. The lowest BCUT2D eigenvalue weighted by molar-refractivity contribution is 0.393. The van der Waals surface area contributed by atoms with Crippen molar-refractivity contribution >= 4 is 23.3 Å². The summed E-state index contributed by atoms with van der Waals surface area (Å²) in [6, 6.07) is 7.86. The van der Waals surface area contributed by atoms with Crippen LogP contribution in [0, 0.1) is 5.41 Å². The van der Waals surface area contributed by atoms with Gasteiger partial charge in [-0.15, -0.1) is 0 Å². The summed E-state index contributed by atoms with van der Waals surface area (Å²) >= 11 is 6.31. The molecule has 1 atom stereocenters. The van der Waals surface area contributed by atoms with Crippen LogP contribution in [0.3, 0.4) is 0 Å². The van der Waals surface area contributed by atoms with Crippen LogP contribution in [0.2, 0.25) is 0 Å².